The van der Waals surface area contributed by atoms with Gasteiger partial charge in [0.15, 0.2) is 5.82 Å². The number of anilines is 3. The van der Waals surface area contributed by atoms with Crippen molar-refractivity contribution in [2.45, 2.75) is 19.4 Å². The van der Waals surface area contributed by atoms with Gasteiger partial charge in [-0.2, -0.15) is 0 Å². The van der Waals surface area contributed by atoms with E-state index in [1.807, 2.05) is 0 Å². The number of aromatic nitrogens is 2. The summed E-state index contributed by atoms with van der Waals surface area (Å²) in [6, 6.07) is 8.69. The summed E-state index contributed by atoms with van der Waals surface area (Å²) < 4.78 is 19.8. The van der Waals surface area contributed by atoms with Crippen molar-refractivity contribution in [2.24, 2.45) is 5.41 Å². The fourth-order valence-corrected chi connectivity index (χ4v) is 4.56. The number of ether oxygens (including phenoxy) is 1. The summed E-state index contributed by atoms with van der Waals surface area (Å²) in [5.74, 6) is 6.14. The van der Waals surface area contributed by atoms with E-state index in [9.17, 15) is 9.18 Å². The predicted molar refractivity (Wildman–Crippen MR) is 139 cm³/mol. The smallest absolute Gasteiger partial charge is 0.247 e. The third kappa shape index (κ3) is 4.91. The summed E-state index contributed by atoms with van der Waals surface area (Å²) in [4.78, 5) is 23.3. The molecule has 2 saturated heterocycles. The monoisotopic (exact) mass is 505 g/mol. The van der Waals surface area contributed by atoms with E-state index in [2.05, 4.69) is 50.8 Å². The van der Waals surface area contributed by atoms with Gasteiger partial charge in [0.25, 0.3) is 0 Å². The molecule has 1 unspecified atom stereocenters. The van der Waals surface area contributed by atoms with Gasteiger partial charge in [-0.05, 0) is 43.7 Å². The summed E-state index contributed by atoms with van der Waals surface area (Å²) in [5.41, 5.74) is 1.73. The first-order valence-corrected chi connectivity index (χ1v) is 12.0. The Bertz CT molecular complexity index is 1410. The average Bonchev–Trinajstić information content (AvgIpc) is 3.21. The molecule has 9 heteroatoms. The van der Waals surface area contributed by atoms with Crippen molar-refractivity contribution >= 4 is 45.6 Å². The van der Waals surface area contributed by atoms with Crippen LogP contribution in [0.3, 0.4) is 0 Å². The maximum atomic E-state index is 14.5. The van der Waals surface area contributed by atoms with Gasteiger partial charge in [0.1, 0.15) is 12.1 Å². The van der Waals surface area contributed by atoms with Gasteiger partial charge in [0.2, 0.25) is 5.91 Å². The van der Waals surface area contributed by atoms with Crippen LogP contribution in [0.25, 0.3) is 10.9 Å². The van der Waals surface area contributed by atoms with E-state index in [4.69, 9.17) is 16.3 Å². The summed E-state index contributed by atoms with van der Waals surface area (Å²) in [6.07, 6.45) is 3.54. The molecule has 1 amide bonds. The van der Waals surface area contributed by atoms with Crippen molar-refractivity contribution in [1.82, 2.24) is 14.9 Å². The second-order valence-corrected chi connectivity index (χ2v) is 9.69. The number of benzene rings is 2. The summed E-state index contributed by atoms with van der Waals surface area (Å²) >= 11 is 5.93. The van der Waals surface area contributed by atoms with Gasteiger partial charge < -0.3 is 15.4 Å². The van der Waals surface area contributed by atoms with E-state index in [-0.39, 0.29) is 22.0 Å². The number of nitrogens with one attached hydrogen (secondary N) is 2. The summed E-state index contributed by atoms with van der Waals surface area (Å²) in [7, 11) is 0. The SMILES string of the molecule is C=CC(=O)Nc1cc2c(Nc3cccc(Cl)c3F)ncnc2cc1C#CC1(C)CCN(C2COC2)C1. The fourth-order valence-electron chi connectivity index (χ4n) is 4.38. The van der Waals surface area contributed by atoms with Crippen molar-refractivity contribution in [2.75, 3.05) is 36.9 Å². The Hall–Kier alpha value is -3.51. The Kier molecular flexibility index (Phi) is 6.63. The first-order chi connectivity index (χ1) is 17.3. The van der Waals surface area contributed by atoms with E-state index in [1.165, 1.54) is 18.5 Å². The highest BCUT2D eigenvalue weighted by molar-refractivity contribution is 6.31. The molecule has 36 heavy (non-hydrogen) atoms. The molecule has 5 rings (SSSR count). The van der Waals surface area contributed by atoms with E-state index in [0.29, 0.717) is 34.0 Å². The molecule has 7 nitrogen and oxygen atoms in total. The molecule has 2 fully saturated rings. The quantitative estimate of drug-likeness (QED) is 0.385. The van der Waals surface area contributed by atoms with Gasteiger partial charge in [-0.3, -0.25) is 9.69 Å². The zero-order chi connectivity index (χ0) is 25.3. The minimum atomic E-state index is -0.582. The van der Waals surface area contributed by atoms with Gasteiger partial charge in [-0.1, -0.05) is 36.1 Å². The lowest BCUT2D eigenvalue weighted by Crippen LogP contribution is -2.48. The highest BCUT2D eigenvalue weighted by atomic mass is 35.5. The predicted octanol–water partition coefficient (Wildman–Crippen LogP) is 4.75. The number of rotatable bonds is 5. The lowest BCUT2D eigenvalue weighted by Gasteiger charge is -2.35. The topological polar surface area (TPSA) is 79.4 Å². The molecule has 0 aliphatic carbocycles. The largest absolute Gasteiger partial charge is 0.378 e. The molecule has 184 valence electrons. The molecule has 0 saturated carbocycles. The molecule has 0 spiro atoms. The third-order valence-electron chi connectivity index (χ3n) is 6.56. The van der Waals surface area contributed by atoms with Crippen LogP contribution < -0.4 is 10.6 Å². The molecule has 1 atom stereocenters. The standard InChI is InChI=1S/C27H25ClFN5O2/c1-3-24(35)32-22-12-19-23(30-16-31-26(19)33-21-6-4-5-20(28)25(21)29)11-17(22)7-8-27(2)9-10-34(15-27)18-13-36-14-18/h3-6,11-12,16,18H,1,9-10,13-15H2,2H3,(H,32,35)(H,30,31,33). The van der Waals surface area contributed by atoms with Crippen LogP contribution in [0, 0.1) is 23.1 Å². The molecule has 0 radical (unpaired) electrons. The van der Waals surface area contributed by atoms with E-state index < -0.39 is 5.82 Å². The molecule has 2 N–H and O–H groups in total. The van der Waals surface area contributed by atoms with Crippen LogP contribution in [-0.4, -0.2) is 53.1 Å². The van der Waals surface area contributed by atoms with Gasteiger partial charge >= 0.3 is 0 Å². The van der Waals surface area contributed by atoms with E-state index >= 15 is 0 Å². The first kappa shape index (κ1) is 24.2. The van der Waals surface area contributed by atoms with Crippen LogP contribution in [0.2, 0.25) is 5.02 Å². The molecule has 1 aromatic heterocycles. The van der Waals surface area contributed by atoms with Crippen molar-refractivity contribution < 1.29 is 13.9 Å². The molecule has 2 aromatic carbocycles. The zero-order valence-electron chi connectivity index (χ0n) is 19.8. The van der Waals surface area contributed by atoms with Gasteiger partial charge in [-0.15, -0.1) is 0 Å². The fraction of sp³-hybridized carbons (Fsp3) is 0.296. The number of likely N-dealkylation sites (tertiary alicyclic amines) is 1. The lowest BCUT2D eigenvalue weighted by molar-refractivity contribution is -0.111. The second-order valence-electron chi connectivity index (χ2n) is 9.28. The van der Waals surface area contributed by atoms with Crippen molar-refractivity contribution in [3.63, 3.8) is 0 Å². The lowest BCUT2D eigenvalue weighted by atomic mass is 9.90. The number of carbonyl (C=O) groups is 1. The summed E-state index contributed by atoms with van der Waals surface area (Å²) in [6.45, 7) is 9.12. The van der Waals surface area contributed by atoms with Gasteiger partial charge in [0.05, 0.1) is 46.7 Å². The Morgan fingerprint density at radius 1 is 1.33 bits per heavy atom. The highest BCUT2D eigenvalue weighted by Crippen LogP contribution is 2.34. The minimum Gasteiger partial charge on any atom is -0.378 e. The Labute approximate surface area is 213 Å². The number of hydrogen-bond donors (Lipinski definition) is 2. The third-order valence-corrected chi connectivity index (χ3v) is 6.85. The van der Waals surface area contributed by atoms with E-state index in [0.717, 1.165) is 32.7 Å². The normalized spacial score (nSPS) is 19.9. The number of nitrogens with zero attached hydrogens (tertiary/aromatic N) is 3. The maximum absolute atomic E-state index is 14.5. The van der Waals surface area contributed by atoms with Crippen LogP contribution in [-0.2, 0) is 9.53 Å². The molecule has 2 aliphatic heterocycles. The van der Waals surface area contributed by atoms with Crippen molar-refractivity contribution in [1.29, 1.82) is 0 Å². The molecular weight excluding hydrogens is 481 g/mol. The zero-order valence-corrected chi connectivity index (χ0v) is 20.5. The average molecular weight is 506 g/mol. The Balaban J connectivity index is 1.51. The van der Waals surface area contributed by atoms with Gasteiger partial charge in [0, 0.05) is 23.9 Å². The molecule has 0 bridgehead atoms. The molecule has 3 heterocycles. The van der Waals surface area contributed by atoms with E-state index in [1.54, 1.807) is 24.3 Å². The van der Waals surface area contributed by atoms with Crippen molar-refractivity contribution in [3.05, 3.63) is 65.7 Å². The highest BCUT2D eigenvalue weighted by Gasteiger charge is 2.38. The number of carbonyl (C=O) groups excluding carboxylic acids is 1. The van der Waals surface area contributed by atoms with Crippen LogP contribution in [0.4, 0.5) is 21.6 Å². The number of amides is 1. The van der Waals surface area contributed by atoms with Gasteiger partial charge in [-0.25, -0.2) is 14.4 Å². The number of halogens is 2. The number of fused-ring (bicyclic) bond motifs is 1. The van der Waals surface area contributed by atoms with Crippen LogP contribution in [0.15, 0.2) is 49.3 Å². The maximum Gasteiger partial charge on any atom is 0.247 e. The molecule has 3 aromatic rings. The van der Waals surface area contributed by atoms with Crippen LogP contribution in [0.1, 0.15) is 18.9 Å². The first-order valence-electron chi connectivity index (χ1n) is 11.6. The number of hydrogen-bond acceptors (Lipinski definition) is 6. The molecular formula is C27H25ClFN5O2. The second kappa shape index (κ2) is 9.86. The van der Waals surface area contributed by atoms with Crippen LogP contribution >= 0.6 is 11.6 Å². The minimum absolute atomic E-state index is 0.00124. The van der Waals surface area contributed by atoms with Crippen LogP contribution in [0.5, 0.6) is 0 Å². The van der Waals surface area contributed by atoms with Crippen molar-refractivity contribution in [3.8, 4) is 11.8 Å². The molecule has 2 aliphatic rings. The Morgan fingerprint density at radius 2 is 2.17 bits per heavy atom. The summed E-state index contributed by atoms with van der Waals surface area (Å²) in [5, 5.41) is 6.40. The Morgan fingerprint density at radius 3 is 2.92 bits per heavy atom.